The molecule has 0 spiro atoms. The maximum absolute atomic E-state index is 12.1. The highest BCUT2D eigenvalue weighted by atomic mass is 16.2. The molecule has 3 aliphatic rings. The van der Waals surface area contributed by atoms with Gasteiger partial charge in [-0.1, -0.05) is 0 Å². The molecule has 2 heterocycles. The van der Waals surface area contributed by atoms with Crippen molar-refractivity contribution in [3.8, 4) is 0 Å². The minimum absolute atomic E-state index is 0.173. The second-order valence-corrected chi connectivity index (χ2v) is 6.18. The summed E-state index contributed by atoms with van der Waals surface area (Å²) in [5, 5.41) is 6.31. The first kappa shape index (κ1) is 12.9. The van der Waals surface area contributed by atoms with Gasteiger partial charge in [0.15, 0.2) is 0 Å². The first-order valence-corrected chi connectivity index (χ1v) is 7.50. The van der Waals surface area contributed by atoms with Crippen molar-refractivity contribution >= 4 is 11.8 Å². The van der Waals surface area contributed by atoms with Crippen LogP contribution in [0.4, 0.5) is 0 Å². The topological polar surface area (TPSA) is 61.4 Å². The SMILES string of the molecule is O=C1CCC2CN(C(=O)CNCC3CC3)CCC2N1. The van der Waals surface area contributed by atoms with E-state index in [0.717, 1.165) is 38.4 Å². The van der Waals surface area contributed by atoms with E-state index in [2.05, 4.69) is 10.6 Å². The highest BCUT2D eigenvalue weighted by Gasteiger charge is 2.35. The molecule has 3 fully saturated rings. The molecular weight excluding hydrogens is 242 g/mol. The van der Waals surface area contributed by atoms with Gasteiger partial charge < -0.3 is 15.5 Å². The molecule has 2 amide bonds. The molecule has 0 bridgehead atoms. The predicted molar refractivity (Wildman–Crippen MR) is 71.4 cm³/mol. The minimum atomic E-state index is 0.173. The Morgan fingerprint density at radius 2 is 2.16 bits per heavy atom. The molecule has 1 aliphatic carbocycles. The molecule has 2 unspecified atom stereocenters. The van der Waals surface area contributed by atoms with Gasteiger partial charge in [0.05, 0.1) is 6.54 Å². The molecule has 3 rings (SSSR count). The Kier molecular flexibility index (Phi) is 3.73. The summed E-state index contributed by atoms with van der Waals surface area (Å²) in [5.74, 6) is 1.66. The molecule has 0 aromatic rings. The van der Waals surface area contributed by atoms with E-state index in [1.54, 1.807) is 0 Å². The van der Waals surface area contributed by atoms with Crippen LogP contribution in [0.3, 0.4) is 0 Å². The molecular formula is C14H23N3O2. The van der Waals surface area contributed by atoms with Gasteiger partial charge in [-0.2, -0.15) is 0 Å². The van der Waals surface area contributed by atoms with E-state index in [-0.39, 0.29) is 11.8 Å². The summed E-state index contributed by atoms with van der Waals surface area (Å²) >= 11 is 0. The number of nitrogens with zero attached hydrogens (tertiary/aromatic N) is 1. The van der Waals surface area contributed by atoms with Crippen LogP contribution in [0, 0.1) is 11.8 Å². The number of likely N-dealkylation sites (tertiary alicyclic amines) is 1. The van der Waals surface area contributed by atoms with Crippen LogP contribution in [-0.4, -0.2) is 48.9 Å². The van der Waals surface area contributed by atoms with E-state index in [1.807, 2.05) is 4.90 Å². The molecule has 0 radical (unpaired) electrons. The van der Waals surface area contributed by atoms with E-state index in [9.17, 15) is 9.59 Å². The third kappa shape index (κ3) is 3.26. The van der Waals surface area contributed by atoms with E-state index in [4.69, 9.17) is 0 Å². The Morgan fingerprint density at radius 3 is 2.95 bits per heavy atom. The van der Waals surface area contributed by atoms with Crippen LogP contribution in [0.1, 0.15) is 32.1 Å². The fraction of sp³-hybridized carbons (Fsp3) is 0.857. The van der Waals surface area contributed by atoms with Gasteiger partial charge in [-0.25, -0.2) is 0 Å². The average Bonchev–Trinajstić information content (AvgIpc) is 3.22. The van der Waals surface area contributed by atoms with Crippen molar-refractivity contribution in [2.45, 2.75) is 38.1 Å². The summed E-state index contributed by atoms with van der Waals surface area (Å²) in [6, 6.07) is 0.296. The molecule has 0 aromatic heterocycles. The molecule has 2 saturated heterocycles. The number of fused-ring (bicyclic) bond motifs is 1. The smallest absolute Gasteiger partial charge is 0.236 e. The van der Waals surface area contributed by atoms with Crippen molar-refractivity contribution in [2.24, 2.45) is 11.8 Å². The molecule has 2 atom stereocenters. The molecule has 2 N–H and O–H groups in total. The Labute approximate surface area is 114 Å². The van der Waals surface area contributed by atoms with Crippen LogP contribution in [0.5, 0.6) is 0 Å². The van der Waals surface area contributed by atoms with Gasteiger partial charge in [0.2, 0.25) is 11.8 Å². The van der Waals surface area contributed by atoms with Crippen molar-refractivity contribution in [3.63, 3.8) is 0 Å². The minimum Gasteiger partial charge on any atom is -0.353 e. The lowest BCUT2D eigenvalue weighted by atomic mass is 9.85. The lowest BCUT2D eigenvalue weighted by Crippen LogP contribution is -2.56. The van der Waals surface area contributed by atoms with Crippen LogP contribution >= 0.6 is 0 Å². The van der Waals surface area contributed by atoms with Gasteiger partial charge in [0.1, 0.15) is 0 Å². The monoisotopic (exact) mass is 265 g/mol. The van der Waals surface area contributed by atoms with Crippen molar-refractivity contribution in [1.82, 2.24) is 15.5 Å². The largest absolute Gasteiger partial charge is 0.353 e. The summed E-state index contributed by atoms with van der Waals surface area (Å²) in [4.78, 5) is 25.4. The van der Waals surface area contributed by atoms with Crippen molar-refractivity contribution < 1.29 is 9.59 Å². The van der Waals surface area contributed by atoms with Gasteiger partial charge in [-0.05, 0) is 44.1 Å². The van der Waals surface area contributed by atoms with Crippen molar-refractivity contribution in [2.75, 3.05) is 26.2 Å². The van der Waals surface area contributed by atoms with E-state index >= 15 is 0 Å². The van der Waals surface area contributed by atoms with Gasteiger partial charge in [-0.3, -0.25) is 9.59 Å². The second-order valence-electron chi connectivity index (χ2n) is 6.18. The van der Waals surface area contributed by atoms with Crippen molar-refractivity contribution in [3.05, 3.63) is 0 Å². The number of carbonyl (C=O) groups excluding carboxylic acids is 2. The Hall–Kier alpha value is -1.10. The van der Waals surface area contributed by atoms with Crippen LogP contribution in [0.2, 0.25) is 0 Å². The summed E-state index contributed by atoms with van der Waals surface area (Å²) < 4.78 is 0. The van der Waals surface area contributed by atoms with Gasteiger partial charge in [0.25, 0.3) is 0 Å². The number of amides is 2. The van der Waals surface area contributed by atoms with Gasteiger partial charge in [-0.15, -0.1) is 0 Å². The molecule has 5 heteroatoms. The van der Waals surface area contributed by atoms with E-state index in [1.165, 1.54) is 12.8 Å². The Morgan fingerprint density at radius 1 is 1.32 bits per heavy atom. The highest BCUT2D eigenvalue weighted by molar-refractivity contribution is 5.79. The zero-order valence-electron chi connectivity index (χ0n) is 11.4. The number of carbonyl (C=O) groups is 2. The average molecular weight is 265 g/mol. The van der Waals surface area contributed by atoms with Crippen LogP contribution in [-0.2, 0) is 9.59 Å². The lowest BCUT2D eigenvalue weighted by molar-refractivity contribution is -0.133. The quantitative estimate of drug-likeness (QED) is 0.758. The van der Waals surface area contributed by atoms with Gasteiger partial charge >= 0.3 is 0 Å². The number of hydrogen-bond donors (Lipinski definition) is 2. The standard InChI is InChI=1S/C14H23N3O2/c18-13-4-3-11-9-17(6-5-12(11)16-13)14(19)8-15-7-10-1-2-10/h10-12,15H,1-9H2,(H,16,18). The predicted octanol–water partition coefficient (Wildman–Crippen LogP) is 0.113. The zero-order chi connectivity index (χ0) is 13.2. The highest BCUT2D eigenvalue weighted by Crippen LogP contribution is 2.27. The Bertz CT molecular complexity index is 368. The lowest BCUT2D eigenvalue weighted by Gasteiger charge is -2.41. The zero-order valence-corrected chi connectivity index (χ0v) is 11.4. The maximum Gasteiger partial charge on any atom is 0.236 e. The summed E-state index contributed by atoms with van der Waals surface area (Å²) in [6.45, 7) is 3.06. The van der Waals surface area contributed by atoms with E-state index in [0.29, 0.717) is 24.9 Å². The molecule has 1 saturated carbocycles. The maximum atomic E-state index is 12.1. The number of hydrogen-bond acceptors (Lipinski definition) is 3. The summed E-state index contributed by atoms with van der Waals surface area (Å²) in [7, 11) is 0. The normalized spacial score (nSPS) is 30.7. The summed E-state index contributed by atoms with van der Waals surface area (Å²) in [6.07, 6.45) is 5.08. The molecule has 106 valence electrons. The fourth-order valence-electron chi connectivity index (χ4n) is 3.15. The summed E-state index contributed by atoms with van der Waals surface area (Å²) in [5.41, 5.74) is 0. The number of nitrogens with one attached hydrogen (secondary N) is 2. The van der Waals surface area contributed by atoms with Crippen LogP contribution < -0.4 is 10.6 Å². The molecule has 2 aliphatic heterocycles. The second kappa shape index (κ2) is 5.49. The Balaban J connectivity index is 1.44. The fourth-order valence-corrected chi connectivity index (χ4v) is 3.15. The third-order valence-corrected chi connectivity index (χ3v) is 4.58. The number of rotatable bonds is 4. The van der Waals surface area contributed by atoms with Crippen LogP contribution in [0.15, 0.2) is 0 Å². The van der Waals surface area contributed by atoms with E-state index < -0.39 is 0 Å². The third-order valence-electron chi connectivity index (χ3n) is 4.58. The van der Waals surface area contributed by atoms with Gasteiger partial charge in [0, 0.05) is 25.6 Å². The molecule has 19 heavy (non-hydrogen) atoms. The molecule has 5 nitrogen and oxygen atoms in total. The first-order valence-electron chi connectivity index (χ1n) is 7.50. The van der Waals surface area contributed by atoms with Crippen LogP contribution in [0.25, 0.3) is 0 Å². The first-order chi connectivity index (χ1) is 9.22. The number of piperidine rings is 2. The van der Waals surface area contributed by atoms with Crippen molar-refractivity contribution in [1.29, 1.82) is 0 Å². The molecule has 0 aromatic carbocycles.